The zero-order chi connectivity index (χ0) is 30.0. The molecule has 10 heteroatoms. The van der Waals surface area contributed by atoms with E-state index in [0.717, 1.165) is 27.2 Å². The number of nitrogens with zero attached hydrogens (tertiary/aromatic N) is 3. The molecule has 4 aromatic carbocycles. The molecule has 0 saturated carbocycles. The standard InChI is InChI=1S/C33H24N4O6/c1-18-14-15-24(25(16-18)37(42)43)36-31(40)28-27-19-8-2-5-11-22(19)33(29(28)32(36)41,23-12-6-3-9-20(23)27)17-34-35-30(39)21-10-4-7-13-26(21)38/h2-17,27-29,38H,1H3,(H,35,39)/b34-17+/t27?,28-,29+,33?/m1/s1. The SMILES string of the molecule is Cc1ccc(N2C(=O)[C@@H]3C4c5ccccc5C(/C=N/NC(=O)c5ccccc5O)(c5ccccc54)[C@@H]3C2=O)c([N+](=O)[O-])c1. The topological polar surface area (TPSA) is 142 Å². The van der Waals surface area contributed by atoms with Crippen LogP contribution in [0.5, 0.6) is 5.75 Å². The molecule has 0 unspecified atom stereocenters. The second kappa shape index (κ2) is 9.45. The van der Waals surface area contributed by atoms with Crippen LogP contribution in [0.2, 0.25) is 0 Å². The number of hydrogen-bond acceptors (Lipinski definition) is 7. The van der Waals surface area contributed by atoms with E-state index >= 15 is 0 Å². The van der Waals surface area contributed by atoms with Crippen LogP contribution < -0.4 is 10.3 Å². The zero-order valence-corrected chi connectivity index (χ0v) is 22.8. The molecule has 1 aliphatic heterocycles. The van der Waals surface area contributed by atoms with Gasteiger partial charge in [-0.1, -0.05) is 66.7 Å². The summed E-state index contributed by atoms with van der Waals surface area (Å²) in [5, 5.41) is 26.5. The van der Waals surface area contributed by atoms with Gasteiger partial charge in [-0.3, -0.25) is 24.5 Å². The number of anilines is 1. The normalized spacial score (nSPS) is 23.2. The van der Waals surface area contributed by atoms with Crippen LogP contribution >= 0.6 is 0 Å². The van der Waals surface area contributed by atoms with Crippen molar-refractivity contribution >= 4 is 35.3 Å². The van der Waals surface area contributed by atoms with Crippen molar-refractivity contribution in [3.8, 4) is 5.75 Å². The summed E-state index contributed by atoms with van der Waals surface area (Å²) < 4.78 is 0. The fraction of sp³-hybridized carbons (Fsp3) is 0.152. The number of hydrazone groups is 1. The molecule has 2 N–H and O–H groups in total. The first-order valence-electron chi connectivity index (χ1n) is 13.7. The number of phenols is 1. The second-order valence-electron chi connectivity index (χ2n) is 11.0. The molecule has 3 aliphatic carbocycles. The van der Waals surface area contributed by atoms with E-state index in [1.807, 2.05) is 48.5 Å². The predicted octanol–water partition coefficient (Wildman–Crippen LogP) is 4.58. The summed E-state index contributed by atoms with van der Waals surface area (Å²) in [7, 11) is 0. The molecule has 3 amide bonds. The number of amides is 3. The van der Waals surface area contributed by atoms with Crippen molar-refractivity contribution < 1.29 is 24.4 Å². The van der Waals surface area contributed by atoms with Crippen LogP contribution in [0.15, 0.2) is 96.1 Å². The molecule has 0 spiro atoms. The Morgan fingerprint density at radius 2 is 1.58 bits per heavy atom. The predicted molar refractivity (Wildman–Crippen MR) is 157 cm³/mol. The van der Waals surface area contributed by atoms with E-state index in [1.54, 1.807) is 25.1 Å². The van der Waals surface area contributed by atoms with Gasteiger partial charge in [0.05, 0.1) is 27.7 Å². The maximum absolute atomic E-state index is 14.5. The minimum absolute atomic E-state index is 0.0214. The summed E-state index contributed by atoms with van der Waals surface area (Å²) >= 11 is 0. The van der Waals surface area contributed by atoms with Crippen LogP contribution in [0.1, 0.15) is 44.1 Å². The number of carbonyl (C=O) groups excluding carboxylic acids is 3. The molecular formula is C33H24N4O6. The average molecular weight is 573 g/mol. The Labute approximate surface area is 245 Å². The Bertz CT molecular complexity index is 1870. The fourth-order valence-corrected chi connectivity index (χ4v) is 7.17. The van der Waals surface area contributed by atoms with E-state index in [0.29, 0.717) is 5.56 Å². The lowest BCUT2D eigenvalue weighted by Gasteiger charge is -2.52. The maximum atomic E-state index is 14.5. The van der Waals surface area contributed by atoms with Gasteiger partial charge in [0.25, 0.3) is 11.6 Å². The molecule has 1 fully saturated rings. The summed E-state index contributed by atoms with van der Waals surface area (Å²) in [4.78, 5) is 54.1. The van der Waals surface area contributed by atoms with Gasteiger partial charge in [0.15, 0.2) is 0 Å². The van der Waals surface area contributed by atoms with Crippen molar-refractivity contribution in [2.45, 2.75) is 18.3 Å². The van der Waals surface area contributed by atoms with Gasteiger partial charge in [-0.25, -0.2) is 10.3 Å². The lowest BCUT2D eigenvalue weighted by molar-refractivity contribution is -0.384. The van der Waals surface area contributed by atoms with Crippen molar-refractivity contribution in [2.75, 3.05) is 4.90 Å². The van der Waals surface area contributed by atoms with Crippen LogP contribution in [-0.4, -0.2) is 34.0 Å². The van der Waals surface area contributed by atoms with Crippen LogP contribution in [-0.2, 0) is 15.0 Å². The van der Waals surface area contributed by atoms with Crippen LogP contribution in [0.4, 0.5) is 11.4 Å². The third-order valence-electron chi connectivity index (χ3n) is 8.84. The number of nitrogens with one attached hydrogen (secondary N) is 1. The third kappa shape index (κ3) is 3.59. The molecule has 4 aliphatic rings. The van der Waals surface area contributed by atoms with Crippen molar-refractivity contribution in [1.82, 2.24) is 5.43 Å². The van der Waals surface area contributed by atoms with Gasteiger partial charge in [0.2, 0.25) is 11.8 Å². The number of phenolic OH excluding ortho intramolecular Hbond substituents is 1. The minimum Gasteiger partial charge on any atom is -0.507 e. The Balaban J connectivity index is 1.42. The molecule has 43 heavy (non-hydrogen) atoms. The molecule has 212 valence electrons. The Morgan fingerprint density at radius 1 is 0.953 bits per heavy atom. The number of nitro benzene ring substituents is 1. The van der Waals surface area contributed by atoms with Gasteiger partial charge in [0.1, 0.15) is 11.4 Å². The second-order valence-corrected chi connectivity index (χ2v) is 11.0. The van der Waals surface area contributed by atoms with E-state index in [-0.39, 0.29) is 22.7 Å². The van der Waals surface area contributed by atoms with E-state index in [2.05, 4.69) is 10.5 Å². The van der Waals surface area contributed by atoms with Crippen molar-refractivity contribution in [1.29, 1.82) is 0 Å². The van der Waals surface area contributed by atoms with E-state index in [1.165, 1.54) is 30.5 Å². The molecule has 1 saturated heterocycles. The van der Waals surface area contributed by atoms with Gasteiger partial charge in [0, 0.05) is 18.2 Å². The Hall–Kier alpha value is -5.64. The highest BCUT2D eigenvalue weighted by atomic mass is 16.6. The lowest BCUT2D eigenvalue weighted by Crippen LogP contribution is -2.54. The maximum Gasteiger partial charge on any atom is 0.293 e. The van der Waals surface area contributed by atoms with E-state index in [4.69, 9.17) is 0 Å². The number of aryl methyl sites for hydroxylation is 1. The van der Waals surface area contributed by atoms with Crippen LogP contribution in [0, 0.1) is 28.9 Å². The molecule has 2 atom stereocenters. The summed E-state index contributed by atoms with van der Waals surface area (Å²) in [5.74, 6) is -4.27. The number of imide groups is 1. The molecule has 0 radical (unpaired) electrons. The first kappa shape index (κ1) is 26.3. The molecular weight excluding hydrogens is 548 g/mol. The van der Waals surface area contributed by atoms with E-state index < -0.39 is 45.8 Å². The molecule has 10 nitrogen and oxygen atoms in total. The van der Waals surface area contributed by atoms with Gasteiger partial charge >= 0.3 is 0 Å². The number of nitro groups is 1. The van der Waals surface area contributed by atoms with Crippen molar-refractivity contribution in [3.63, 3.8) is 0 Å². The smallest absolute Gasteiger partial charge is 0.293 e. The molecule has 4 aromatic rings. The first-order valence-corrected chi connectivity index (χ1v) is 13.7. The number of aromatic hydroxyl groups is 1. The van der Waals surface area contributed by atoms with Gasteiger partial charge < -0.3 is 5.11 Å². The van der Waals surface area contributed by atoms with Gasteiger partial charge in [-0.05, 0) is 52.9 Å². The third-order valence-corrected chi connectivity index (χ3v) is 8.84. The number of rotatable bonds is 5. The Morgan fingerprint density at radius 3 is 2.23 bits per heavy atom. The monoisotopic (exact) mass is 572 g/mol. The first-order chi connectivity index (χ1) is 20.8. The van der Waals surface area contributed by atoms with Crippen LogP contribution in [0.3, 0.4) is 0 Å². The highest BCUT2D eigenvalue weighted by molar-refractivity contribution is 6.25. The van der Waals surface area contributed by atoms with Crippen molar-refractivity contribution in [3.05, 3.63) is 134 Å². The molecule has 8 rings (SSSR count). The number of hydrogen-bond donors (Lipinski definition) is 2. The molecule has 0 aromatic heterocycles. The average Bonchev–Trinajstić information content (AvgIpc) is 3.28. The highest BCUT2D eigenvalue weighted by Crippen LogP contribution is 2.64. The quantitative estimate of drug-likeness (QED) is 0.155. The fourth-order valence-electron chi connectivity index (χ4n) is 7.17. The molecule has 1 heterocycles. The Kier molecular flexibility index (Phi) is 5.77. The summed E-state index contributed by atoms with van der Waals surface area (Å²) in [6.45, 7) is 1.70. The summed E-state index contributed by atoms with van der Waals surface area (Å²) in [6, 6.07) is 25.5. The summed E-state index contributed by atoms with van der Waals surface area (Å²) in [5.41, 5.74) is 4.66. The highest BCUT2D eigenvalue weighted by Gasteiger charge is 2.68. The number of carbonyl (C=O) groups is 3. The largest absolute Gasteiger partial charge is 0.507 e. The minimum atomic E-state index is -1.28. The lowest BCUT2D eigenvalue weighted by atomic mass is 9.47. The van der Waals surface area contributed by atoms with E-state index in [9.17, 15) is 29.6 Å². The summed E-state index contributed by atoms with van der Waals surface area (Å²) in [6.07, 6.45) is 1.49. The zero-order valence-electron chi connectivity index (χ0n) is 22.8. The van der Waals surface area contributed by atoms with Gasteiger partial charge in [-0.15, -0.1) is 0 Å². The number of para-hydroxylation sites is 1. The van der Waals surface area contributed by atoms with Crippen LogP contribution in [0.25, 0.3) is 0 Å². The van der Waals surface area contributed by atoms with Crippen molar-refractivity contribution in [2.24, 2.45) is 16.9 Å². The molecule has 2 bridgehead atoms. The number of benzene rings is 4. The van der Waals surface area contributed by atoms with Gasteiger partial charge in [-0.2, -0.15) is 5.10 Å².